The molecule has 318 valence electrons. The van der Waals surface area contributed by atoms with Gasteiger partial charge < -0.3 is 9.80 Å². The number of para-hydroxylation sites is 4. The van der Waals surface area contributed by atoms with E-state index >= 15 is 0 Å². The predicted molar refractivity (Wildman–Crippen MR) is 292 cm³/mol. The Morgan fingerprint density at radius 1 is 0.191 bits per heavy atom. The van der Waals surface area contributed by atoms with Crippen LogP contribution in [0.3, 0.4) is 0 Å². The highest BCUT2D eigenvalue weighted by Gasteiger charge is 2.23. The molecule has 68 heavy (non-hydrogen) atoms. The van der Waals surface area contributed by atoms with Crippen molar-refractivity contribution in [2.45, 2.75) is 0 Å². The molecule has 0 radical (unpaired) electrons. The summed E-state index contributed by atoms with van der Waals surface area (Å²) in [7, 11) is 0. The molecular weight excluding hydrogens is 821 g/mol. The highest BCUT2D eigenvalue weighted by atomic mass is 15.1. The van der Waals surface area contributed by atoms with Crippen LogP contribution in [0.2, 0.25) is 0 Å². The molecule has 0 aliphatic carbocycles. The third kappa shape index (κ3) is 6.73. The van der Waals surface area contributed by atoms with Gasteiger partial charge in [-0.2, -0.15) is 0 Å². The molecule has 0 fully saturated rings. The van der Waals surface area contributed by atoms with E-state index in [-0.39, 0.29) is 0 Å². The Kier molecular flexibility index (Phi) is 9.54. The third-order valence-electron chi connectivity index (χ3n) is 13.7. The van der Waals surface area contributed by atoms with Crippen LogP contribution in [-0.2, 0) is 0 Å². The maximum atomic E-state index is 2.39. The summed E-state index contributed by atoms with van der Waals surface area (Å²) in [6.07, 6.45) is 0. The summed E-state index contributed by atoms with van der Waals surface area (Å²) in [4.78, 5) is 4.71. The van der Waals surface area contributed by atoms with Crippen LogP contribution in [0.15, 0.2) is 267 Å². The van der Waals surface area contributed by atoms with Gasteiger partial charge in [-0.1, -0.05) is 182 Å². The molecule has 0 amide bonds. The second-order valence-corrected chi connectivity index (χ2v) is 17.7. The molecule has 0 saturated heterocycles. The maximum absolute atomic E-state index is 2.39. The molecule has 0 atom stereocenters. The van der Waals surface area contributed by atoms with Crippen molar-refractivity contribution in [2.75, 3.05) is 9.80 Å². The number of benzene rings is 13. The minimum atomic E-state index is 1.11. The lowest BCUT2D eigenvalue weighted by atomic mass is 9.81. The van der Waals surface area contributed by atoms with Gasteiger partial charge in [-0.05, 0) is 172 Å². The van der Waals surface area contributed by atoms with E-state index in [4.69, 9.17) is 0 Å². The average Bonchev–Trinajstić information content (AvgIpc) is 3.41. The molecular formula is C66H44N2. The largest absolute Gasteiger partial charge is 0.310 e. The van der Waals surface area contributed by atoms with Gasteiger partial charge in [-0.25, -0.2) is 0 Å². The molecule has 2 nitrogen and oxygen atoms in total. The highest BCUT2D eigenvalue weighted by molar-refractivity contribution is 6.32. The van der Waals surface area contributed by atoms with Gasteiger partial charge in [0.2, 0.25) is 0 Å². The fraction of sp³-hybridized carbons (Fsp3) is 0. The van der Waals surface area contributed by atoms with Crippen molar-refractivity contribution >= 4 is 98.8 Å². The Labute approximate surface area is 395 Å². The summed E-state index contributed by atoms with van der Waals surface area (Å²) >= 11 is 0. The topological polar surface area (TPSA) is 6.48 Å². The van der Waals surface area contributed by atoms with Crippen molar-refractivity contribution in [3.05, 3.63) is 267 Å². The smallest absolute Gasteiger partial charge is 0.0468 e. The zero-order valence-electron chi connectivity index (χ0n) is 37.3. The molecule has 0 aromatic heterocycles. The van der Waals surface area contributed by atoms with E-state index < -0.39 is 0 Å². The Bertz CT molecular complexity index is 3670. The van der Waals surface area contributed by atoms with Gasteiger partial charge in [0.05, 0.1) is 0 Å². The summed E-state index contributed by atoms with van der Waals surface area (Å²) in [5, 5.41) is 14.7. The Morgan fingerprint density at radius 3 is 0.868 bits per heavy atom. The molecule has 13 aromatic rings. The zero-order chi connectivity index (χ0) is 45.0. The standard InChI is InChI=1S/C66H44N2/c1-5-21-53(22-6-1)67(54-23-7-2-8-24-54)57-35-39-59-49(43-57)33-37-61-64(52-32-30-46-18-14-16-20-48(46)42-52)66-60-40-36-58(68(55-25-9-3-10-26-55)56-27-11-4-12-28-56)44-50(60)34-38-62(66)63(65(59)61)51-31-29-45-17-13-15-19-47(45)41-51/h1-44H. The van der Waals surface area contributed by atoms with E-state index in [2.05, 4.69) is 277 Å². The monoisotopic (exact) mass is 864 g/mol. The SMILES string of the molecule is c1ccc(N(c2ccccc2)c2ccc3c(ccc4c(-c5ccc6ccccc6c5)c5c(ccc6cc(N(c7ccccc7)c7ccccc7)ccc65)c(-c5ccc6ccccc6c5)c43)c2)cc1. The van der Waals surface area contributed by atoms with Crippen LogP contribution in [0, 0.1) is 0 Å². The lowest BCUT2D eigenvalue weighted by molar-refractivity contribution is 1.29. The van der Waals surface area contributed by atoms with Gasteiger partial charge in [0.25, 0.3) is 0 Å². The first kappa shape index (κ1) is 39.4. The molecule has 13 aromatic carbocycles. The zero-order valence-corrected chi connectivity index (χ0v) is 37.3. The molecule has 0 aliphatic rings. The molecule has 0 spiro atoms. The minimum Gasteiger partial charge on any atom is -0.310 e. The van der Waals surface area contributed by atoms with Gasteiger partial charge in [0, 0.05) is 34.1 Å². The predicted octanol–water partition coefficient (Wildman–Crippen LogP) is 18.9. The summed E-state index contributed by atoms with van der Waals surface area (Å²) < 4.78 is 0. The maximum Gasteiger partial charge on any atom is 0.0468 e. The average molecular weight is 865 g/mol. The molecule has 0 saturated carbocycles. The molecule has 13 rings (SSSR count). The fourth-order valence-corrected chi connectivity index (χ4v) is 10.6. The summed E-state index contributed by atoms with van der Waals surface area (Å²) in [6.45, 7) is 0. The molecule has 0 N–H and O–H groups in total. The number of hydrogen-bond donors (Lipinski definition) is 0. The first-order valence-corrected chi connectivity index (χ1v) is 23.4. The highest BCUT2D eigenvalue weighted by Crippen LogP contribution is 2.50. The van der Waals surface area contributed by atoms with Crippen molar-refractivity contribution in [1.29, 1.82) is 0 Å². The summed E-state index contributed by atoms with van der Waals surface area (Å²) in [5.74, 6) is 0. The minimum absolute atomic E-state index is 1.11. The summed E-state index contributed by atoms with van der Waals surface area (Å²) in [5.41, 5.74) is 11.6. The van der Waals surface area contributed by atoms with Crippen molar-refractivity contribution in [3.8, 4) is 22.3 Å². The number of rotatable bonds is 8. The quantitative estimate of drug-likeness (QED) is 0.111. The first-order valence-electron chi connectivity index (χ1n) is 23.4. The van der Waals surface area contributed by atoms with Gasteiger partial charge >= 0.3 is 0 Å². The lowest BCUT2D eigenvalue weighted by Crippen LogP contribution is -2.09. The van der Waals surface area contributed by atoms with E-state index in [0.29, 0.717) is 0 Å². The second kappa shape index (κ2) is 16.5. The first-order chi connectivity index (χ1) is 33.7. The van der Waals surface area contributed by atoms with Crippen LogP contribution in [0.25, 0.3) is 86.9 Å². The van der Waals surface area contributed by atoms with E-state index in [9.17, 15) is 0 Å². The van der Waals surface area contributed by atoms with Crippen molar-refractivity contribution < 1.29 is 0 Å². The van der Waals surface area contributed by atoms with Gasteiger partial charge in [0.1, 0.15) is 0 Å². The van der Waals surface area contributed by atoms with Gasteiger partial charge in [-0.15, -0.1) is 0 Å². The molecule has 0 bridgehead atoms. The van der Waals surface area contributed by atoms with Crippen LogP contribution < -0.4 is 9.80 Å². The van der Waals surface area contributed by atoms with E-state index in [0.717, 1.165) is 34.1 Å². The normalized spacial score (nSPS) is 11.5. The van der Waals surface area contributed by atoms with Crippen LogP contribution in [0.1, 0.15) is 0 Å². The van der Waals surface area contributed by atoms with Gasteiger partial charge in [-0.3, -0.25) is 0 Å². The van der Waals surface area contributed by atoms with Crippen molar-refractivity contribution in [2.24, 2.45) is 0 Å². The molecule has 0 aliphatic heterocycles. The van der Waals surface area contributed by atoms with Crippen LogP contribution in [0.5, 0.6) is 0 Å². The van der Waals surface area contributed by atoms with Crippen LogP contribution in [-0.4, -0.2) is 0 Å². The number of anilines is 6. The number of hydrogen-bond acceptors (Lipinski definition) is 2. The Balaban J connectivity index is 1.14. The number of fused-ring (bicyclic) bond motifs is 8. The van der Waals surface area contributed by atoms with E-state index in [1.54, 1.807) is 0 Å². The third-order valence-corrected chi connectivity index (χ3v) is 13.7. The van der Waals surface area contributed by atoms with Crippen molar-refractivity contribution in [1.82, 2.24) is 0 Å². The Hall–Kier alpha value is -8.98. The number of nitrogens with zero attached hydrogens (tertiary/aromatic N) is 2. The molecule has 0 unspecified atom stereocenters. The fourth-order valence-electron chi connectivity index (χ4n) is 10.6. The van der Waals surface area contributed by atoms with Crippen molar-refractivity contribution in [3.63, 3.8) is 0 Å². The molecule has 0 heterocycles. The Morgan fingerprint density at radius 2 is 0.500 bits per heavy atom. The lowest BCUT2D eigenvalue weighted by Gasteiger charge is -2.27. The van der Waals surface area contributed by atoms with Crippen LogP contribution >= 0.6 is 0 Å². The second-order valence-electron chi connectivity index (χ2n) is 17.7. The van der Waals surface area contributed by atoms with E-state index in [1.807, 2.05) is 0 Å². The summed E-state index contributed by atoms with van der Waals surface area (Å²) in [6, 6.07) is 97.7. The van der Waals surface area contributed by atoms with Crippen LogP contribution in [0.4, 0.5) is 34.1 Å². The molecule has 2 heteroatoms. The van der Waals surface area contributed by atoms with E-state index in [1.165, 1.54) is 86.9 Å². The van der Waals surface area contributed by atoms with Gasteiger partial charge in [0.15, 0.2) is 0 Å².